The van der Waals surface area contributed by atoms with E-state index in [0.29, 0.717) is 5.56 Å². The number of halogens is 1. The lowest BCUT2D eigenvalue weighted by molar-refractivity contribution is -0.384. The van der Waals surface area contributed by atoms with Crippen LogP contribution < -0.4 is 5.32 Å². The third-order valence-electron chi connectivity index (χ3n) is 2.31. The number of benzene rings is 1. The fourth-order valence-corrected chi connectivity index (χ4v) is 1.45. The summed E-state index contributed by atoms with van der Waals surface area (Å²) in [6, 6.07) is 5.31. The Morgan fingerprint density at radius 1 is 1.33 bits per heavy atom. The summed E-state index contributed by atoms with van der Waals surface area (Å²) < 4.78 is 12.8. The van der Waals surface area contributed by atoms with Gasteiger partial charge in [0, 0.05) is 12.6 Å². The van der Waals surface area contributed by atoms with E-state index in [1.54, 1.807) is 7.05 Å². The zero-order valence-electron chi connectivity index (χ0n) is 9.42. The second kappa shape index (κ2) is 4.74. The molecule has 2 rings (SSSR count). The van der Waals surface area contributed by atoms with E-state index in [1.807, 2.05) is 0 Å². The number of anilines is 1. The van der Waals surface area contributed by atoms with Gasteiger partial charge in [-0.1, -0.05) is 0 Å². The van der Waals surface area contributed by atoms with E-state index >= 15 is 0 Å². The molecule has 0 unspecified atom stereocenters. The number of aromatic nitrogens is 2. The fourth-order valence-electron chi connectivity index (χ4n) is 1.45. The Balaban J connectivity index is 2.59. The maximum absolute atomic E-state index is 12.8. The molecule has 0 aliphatic heterocycles. The van der Waals surface area contributed by atoms with Crippen molar-refractivity contribution in [2.24, 2.45) is 0 Å². The Bertz CT molecular complexity index is 586. The van der Waals surface area contributed by atoms with Gasteiger partial charge >= 0.3 is 5.69 Å². The fraction of sp³-hybridized carbons (Fsp3) is 0.0909. The summed E-state index contributed by atoms with van der Waals surface area (Å²) in [5.41, 5.74) is 0.391. The van der Waals surface area contributed by atoms with Crippen molar-refractivity contribution in [3.63, 3.8) is 0 Å². The van der Waals surface area contributed by atoms with Crippen LogP contribution in [-0.4, -0.2) is 21.9 Å². The topological polar surface area (TPSA) is 81.0 Å². The highest BCUT2D eigenvalue weighted by atomic mass is 19.1. The molecule has 7 heteroatoms. The van der Waals surface area contributed by atoms with Crippen LogP contribution in [0, 0.1) is 15.9 Å². The minimum absolute atomic E-state index is 0.152. The maximum atomic E-state index is 12.8. The monoisotopic (exact) mass is 248 g/mol. The molecule has 6 nitrogen and oxygen atoms in total. The Hall–Kier alpha value is -2.57. The van der Waals surface area contributed by atoms with Crippen molar-refractivity contribution in [2.75, 3.05) is 12.4 Å². The van der Waals surface area contributed by atoms with Gasteiger partial charge in [0.15, 0.2) is 5.69 Å². The van der Waals surface area contributed by atoms with Gasteiger partial charge in [0.1, 0.15) is 12.0 Å². The molecular formula is C11H9FN4O2. The van der Waals surface area contributed by atoms with Gasteiger partial charge in [-0.3, -0.25) is 10.1 Å². The van der Waals surface area contributed by atoms with Crippen LogP contribution in [0.15, 0.2) is 30.5 Å². The van der Waals surface area contributed by atoms with Gasteiger partial charge < -0.3 is 5.32 Å². The first-order chi connectivity index (χ1) is 8.61. The van der Waals surface area contributed by atoms with Crippen molar-refractivity contribution in [2.45, 2.75) is 0 Å². The molecule has 0 saturated carbocycles. The average molecular weight is 248 g/mol. The standard InChI is InChI=1S/C11H9FN4O2/c1-13-11-14-6-9(16(17)18)10(15-11)7-2-4-8(12)5-3-7/h2-6H,1H3,(H,13,14,15). The van der Waals surface area contributed by atoms with Crippen LogP contribution in [0.5, 0.6) is 0 Å². The molecule has 1 aromatic heterocycles. The SMILES string of the molecule is CNc1ncc([N+](=O)[O-])c(-c2ccc(F)cc2)n1. The second-order valence-corrected chi connectivity index (χ2v) is 3.44. The normalized spacial score (nSPS) is 10.1. The van der Waals surface area contributed by atoms with Crippen molar-refractivity contribution < 1.29 is 9.31 Å². The first-order valence-electron chi connectivity index (χ1n) is 5.07. The van der Waals surface area contributed by atoms with Crippen LogP contribution in [0.3, 0.4) is 0 Å². The summed E-state index contributed by atoms with van der Waals surface area (Å²) in [5.74, 6) is -0.149. The predicted octanol–water partition coefficient (Wildman–Crippen LogP) is 2.23. The lowest BCUT2D eigenvalue weighted by atomic mass is 10.1. The number of nitrogens with one attached hydrogen (secondary N) is 1. The van der Waals surface area contributed by atoms with Gasteiger partial charge in [0.2, 0.25) is 5.95 Å². The summed E-state index contributed by atoms with van der Waals surface area (Å²) in [5, 5.41) is 13.6. The molecule has 0 bridgehead atoms. The van der Waals surface area contributed by atoms with Gasteiger partial charge in [-0.15, -0.1) is 0 Å². The van der Waals surface area contributed by atoms with E-state index in [0.717, 1.165) is 6.20 Å². The third-order valence-corrected chi connectivity index (χ3v) is 2.31. The summed E-state index contributed by atoms with van der Waals surface area (Å²) in [7, 11) is 1.61. The zero-order valence-corrected chi connectivity index (χ0v) is 9.42. The molecule has 2 aromatic rings. The highest BCUT2D eigenvalue weighted by Gasteiger charge is 2.18. The molecule has 0 fully saturated rings. The van der Waals surface area contributed by atoms with E-state index in [4.69, 9.17) is 0 Å². The highest BCUT2D eigenvalue weighted by Crippen LogP contribution is 2.27. The molecule has 1 heterocycles. The third kappa shape index (κ3) is 2.24. The van der Waals surface area contributed by atoms with Crippen molar-refractivity contribution in [3.05, 3.63) is 46.4 Å². The molecule has 0 radical (unpaired) electrons. The lowest BCUT2D eigenvalue weighted by Crippen LogP contribution is -2.01. The van der Waals surface area contributed by atoms with Gasteiger partial charge in [0.05, 0.1) is 4.92 Å². The van der Waals surface area contributed by atoms with Crippen LogP contribution in [0.4, 0.5) is 16.0 Å². The van der Waals surface area contributed by atoms with Gasteiger partial charge in [-0.25, -0.2) is 14.4 Å². The Morgan fingerprint density at radius 3 is 2.56 bits per heavy atom. The molecule has 1 aromatic carbocycles. The van der Waals surface area contributed by atoms with Crippen LogP contribution in [0.25, 0.3) is 11.3 Å². The molecule has 0 amide bonds. The van der Waals surface area contributed by atoms with E-state index in [9.17, 15) is 14.5 Å². The molecule has 1 N–H and O–H groups in total. The van der Waals surface area contributed by atoms with Crippen molar-refractivity contribution in [1.82, 2.24) is 9.97 Å². The highest BCUT2D eigenvalue weighted by molar-refractivity contribution is 5.69. The molecule has 0 spiro atoms. The molecule has 18 heavy (non-hydrogen) atoms. The predicted molar refractivity (Wildman–Crippen MR) is 63.6 cm³/mol. The van der Waals surface area contributed by atoms with Crippen LogP contribution in [0.1, 0.15) is 0 Å². The zero-order chi connectivity index (χ0) is 13.1. The van der Waals surface area contributed by atoms with Crippen LogP contribution in [0.2, 0.25) is 0 Å². The van der Waals surface area contributed by atoms with E-state index in [2.05, 4.69) is 15.3 Å². The first kappa shape index (κ1) is 11.9. The number of rotatable bonds is 3. The van der Waals surface area contributed by atoms with Crippen molar-refractivity contribution >= 4 is 11.6 Å². The molecule has 0 aliphatic carbocycles. The Morgan fingerprint density at radius 2 is 2.00 bits per heavy atom. The minimum Gasteiger partial charge on any atom is -0.357 e. The minimum atomic E-state index is -0.571. The van der Waals surface area contributed by atoms with E-state index in [-0.39, 0.29) is 17.3 Å². The largest absolute Gasteiger partial charge is 0.357 e. The number of nitro groups is 1. The smallest absolute Gasteiger partial charge is 0.313 e. The summed E-state index contributed by atoms with van der Waals surface area (Å²) in [6.45, 7) is 0. The van der Waals surface area contributed by atoms with Crippen LogP contribution in [-0.2, 0) is 0 Å². The van der Waals surface area contributed by atoms with Gasteiger partial charge in [0.25, 0.3) is 0 Å². The van der Waals surface area contributed by atoms with Gasteiger partial charge in [-0.05, 0) is 24.3 Å². The lowest BCUT2D eigenvalue weighted by Gasteiger charge is -2.04. The molecule has 92 valence electrons. The number of hydrogen-bond acceptors (Lipinski definition) is 5. The maximum Gasteiger partial charge on any atom is 0.313 e. The van der Waals surface area contributed by atoms with Crippen LogP contribution >= 0.6 is 0 Å². The second-order valence-electron chi connectivity index (χ2n) is 3.44. The summed E-state index contributed by atoms with van der Waals surface area (Å²) in [6.07, 6.45) is 1.12. The van der Waals surface area contributed by atoms with E-state index < -0.39 is 10.7 Å². The number of nitrogens with zero attached hydrogens (tertiary/aromatic N) is 3. The quantitative estimate of drug-likeness (QED) is 0.665. The molecule has 0 aliphatic rings. The van der Waals surface area contributed by atoms with E-state index in [1.165, 1.54) is 24.3 Å². The Labute approximate surface area is 102 Å². The Kier molecular flexibility index (Phi) is 3.13. The molecule has 0 saturated heterocycles. The molecule has 0 atom stereocenters. The summed E-state index contributed by atoms with van der Waals surface area (Å²) in [4.78, 5) is 18.1. The average Bonchev–Trinajstić information content (AvgIpc) is 2.38. The number of hydrogen-bond donors (Lipinski definition) is 1. The first-order valence-corrected chi connectivity index (χ1v) is 5.07. The van der Waals surface area contributed by atoms with Crippen molar-refractivity contribution in [3.8, 4) is 11.3 Å². The molecular weight excluding hydrogens is 239 g/mol. The summed E-state index contributed by atoms with van der Waals surface area (Å²) >= 11 is 0. The van der Waals surface area contributed by atoms with Gasteiger partial charge in [-0.2, -0.15) is 0 Å². The van der Waals surface area contributed by atoms with Crippen molar-refractivity contribution in [1.29, 1.82) is 0 Å².